The zero-order valence-electron chi connectivity index (χ0n) is 10.7. The molecule has 0 aromatic heterocycles. The van der Waals surface area contributed by atoms with E-state index < -0.39 is 0 Å². The maximum atomic E-state index is 9.70. The smallest absolute Gasteiger partial charge is 0.123 e. The van der Waals surface area contributed by atoms with E-state index in [-0.39, 0.29) is 11.5 Å². The molecule has 3 N–H and O–H groups in total. The highest BCUT2D eigenvalue weighted by Gasteiger charge is 2.24. The zero-order valence-corrected chi connectivity index (χ0v) is 11.5. The van der Waals surface area contributed by atoms with Gasteiger partial charge in [-0.1, -0.05) is 13.0 Å². The van der Waals surface area contributed by atoms with Gasteiger partial charge in [0.2, 0.25) is 0 Å². The Balaban J connectivity index is 1.81. The first kappa shape index (κ1) is 13.6. The first-order valence-electron chi connectivity index (χ1n) is 6.55. The molecule has 1 saturated carbocycles. The highest BCUT2D eigenvalue weighted by atomic mass is 32.2. The van der Waals surface area contributed by atoms with Crippen molar-refractivity contribution in [1.29, 1.82) is 0 Å². The Kier molecular flexibility index (Phi) is 4.78. The van der Waals surface area contributed by atoms with Gasteiger partial charge in [0.05, 0.1) is 0 Å². The second kappa shape index (κ2) is 6.34. The topological polar surface area (TPSA) is 52.5 Å². The molecule has 0 amide bonds. The molecule has 0 spiro atoms. The maximum absolute atomic E-state index is 9.70. The summed E-state index contributed by atoms with van der Waals surface area (Å²) < 4.78 is 0. The van der Waals surface area contributed by atoms with Crippen molar-refractivity contribution in [2.45, 2.75) is 44.0 Å². The van der Waals surface area contributed by atoms with E-state index in [1.54, 1.807) is 12.1 Å². The first-order valence-corrected chi connectivity index (χ1v) is 7.59. The predicted molar refractivity (Wildman–Crippen MR) is 76.2 cm³/mol. The number of hydrogen-bond donors (Lipinski definition) is 3. The summed E-state index contributed by atoms with van der Waals surface area (Å²) in [6, 6.07) is 5.33. The van der Waals surface area contributed by atoms with Gasteiger partial charge in [0.15, 0.2) is 0 Å². The number of rotatable bonds is 5. The van der Waals surface area contributed by atoms with Crippen LogP contribution < -0.4 is 5.32 Å². The van der Waals surface area contributed by atoms with Gasteiger partial charge in [-0.25, -0.2) is 0 Å². The quantitative estimate of drug-likeness (QED) is 0.768. The van der Waals surface area contributed by atoms with Crippen LogP contribution in [0.5, 0.6) is 11.5 Å². The van der Waals surface area contributed by atoms with Gasteiger partial charge in [-0.3, -0.25) is 0 Å². The lowest BCUT2D eigenvalue weighted by Crippen LogP contribution is -2.26. The van der Waals surface area contributed by atoms with Gasteiger partial charge in [0, 0.05) is 29.5 Å². The number of benzene rings is 1. The van der Waals surface area contributed by atoms with E-state index in [9.17, 15) is 10.2 Å². The van der Waals surface area contributed by atoms with Crippen LogP contribution in [0, 0.1) is 0 Å². The summed E-state index contributed by atoms with van der Waals surface area (Å²) in [5, 5.41) is 23.2. The minimum absolute atomic E-state index is 0.108. The van der Waals surface area contributed by atoms with Crippen LogP contribution in [0.25, 0.3) is 0 Å². The van der Waals surface area contributed by atoms with Crippen LogP contribution in [-0.2, 0) is 6.54 Å². The number of hydrogen-bond acceptors (Lipinski definition) is 4. The summed E-state index contributed by atoms with van der Waals surface area (Å²) in [7, 11) is 0. The maximum Gasteiger partial charge on any atom is 0.123 e. The average Bonchev–Trinajstić information content (AvgIpc) is 2.76. The van der Waals surface area contributed by atoms with Gasteiger partial charge in [-0.15, -0.1) is 0 Å². The summed E-state index contributed by atoms with van der Waals surface area (Å²) >= 11 is 2.05. The van der Waals surface area contributed by atoms with Crippen LogP contribution in [0.15, 0.2) is 18.2 Å². The lowest BCUT2D eigenvalue weighted by atomic mass is 10.1. The largest absolute Gasteiger partial charge is 0.508 e. The molecule has 1 aliphatic rings. The molecule has 4 heteroatoms. The minimum Gasteiger partial charge on any atom is -0.508 e. The van der Waals surface area contributed by atoms with E-state index in [1.165, 1.54) is 31.1 Å². The van der Waals surface area contributed by atoms with Crippen LogP contribution in [0.1, 0.15) is 31.7 Å². The molecule has 100 valence electrons. The van der Waals surface area contributed by atoms with Crippen molar-refractivity contribution in [1.82, 2.24) is 5.32 Å². The van der Waals surface area contributed by atoms with Crippen molar-refractivity contribution in [2.24, 2.45) is 0 Å². The van der Waals surface area contributed by atoms with Crippen LogP contribution in [-0.4, -0.2) is 27.3 Å². The molecule has 0 bridgehead atoms. The zero-order chi connectivity index (χ0) is 13.0. The lowest BCUT2D eigenvalue weighted by Gasteiger charge is -2.13. The molecule has 1 aromatic carbocycles. The van der Waals surface area contributed by atoms with E-state index in [0.717, 1.165) is 10.8 Å². The highest BCUT2D eigenvalue weighted by Crippen LogP contribution is 2.30. The first-order chi connectivity index (χ1) is 8.69. The predicted octanol–water partition coefficient (Wildman–Crippen LogP) is 2.86. The fraction of sp³-hybridized carbons (Fsp3) is 0.571. The standard InChI is InChI=1S/C14H21NO2S/c1-2-18-13-6-4-11(7-13)15-9-10-3-5-12(16)8-14(10)17/h3,5,8,11,13,15-17H,2,4,6-7,9H2,1H3. The Bertz CT molecular complexity index is 397. The molecule has 2 unspecified atom stereocenters. The van der Waals surface area contributed by atoms with Crippen LogP contribution in [0.3, 0.4) is 0 Å². The van der Waals surface area contributed by atoms with Gasteiger partial charge < -0.3 is 15.5 Å². The van der Waals surface area contributed by atoms with Crippen molar-refractivity contribution >= 4 is 11.8 Å². The lowest BCUT2D eigenvalue weighted by molar-refractivity contribution is 0.439. The second-order valence-electron chi connectivity index (χ2n) is 4.78. The molecule has 1 aromatic rings. The number of aromatic hydroxyl groups is 2. The Morgan fingerprint density at radius 1 is 1.33 bits per heavy atom. The summed E-state index contributed by atoms with van der Waals surface area (Å²) in [5.41, 5.74) is 0.847. The van der Waals surface area contributed by atoms with Gasteiger partial charge in [0.25, 0.3) is 0 Å². The summed E-state index contributed by atoms with van der Waals surface area (Å²) in [6.07, 6.45) is 3.73. The van der Waals surface area contributed by atoms with E-state index in [1.807, 2.05) is 11.8 Å². The normalized spacial score (nSPS) is 23.4. The van der Waals surface area contributed by atoms with Gasteiger partial charge in [-0.2, -0.15) is 11.8 Å². The fourth-order valence-corrected chi connectivity index (χ4v) is 3.61. The third-order valence-electron chi connectivity index (χ3n) is 3.44. The van der Waals surface area contributed by atoms with Crippen molar-refractivity contribution in [3.63, 3.8) is 0 Å². The third kappa shape index (κ3) is 3.56. The summed E-state index contributed by atoms with van der Waals surface area (Å²) in [5.74, 6) is 1.47. The Hall–Kier alpha value is -0.870. The van der Waals surface area contributed by atoms with Crippen molar-refractivity contribution in [2.75, 3.05) is 5.75 Å². The molecule has 0 saturated heterocycles. The number of phenols is 2. The van der Waals surface area contributed by atoms with Crippen LogP contribution >= 0.6 is 11.8 Å². The monoisotopic (exact) mass is 267 g/mol. The fourth-order valence-electron chi connectivity index (χ4n) is 2.47. The van der Waals surface area contributed by atoms with E-state index >= 15 is 0 Å². The highest BCUT2D eigenvalue weighted by molar-refractivity contribution is 7.99. The molecule has 0 aliphatic heterocycles. The van der Waals surface area contributed by atoms with Gasteiger partial charge >= 0.3 is 0 Å². The molecular formula is C14H21NO2S. The Morgan fingerprint density at radius 3 is 2.89 bits per heavy atom. The van der Waals surface area contributed by atoms with Crippen molar-refractivity contribution in [3.05, 3.63) is 23.8 Å². The Labute approximate surface area is 113 Å². The average molecular weight is 267 g/mol. The molecule has 2 atom stereocenters. The van der Waals surface area contributed by atoms with E-state index in [4.69, 9.17) is 0 Å². The molecular weight excluding hydrogens is 246 g/mol. The van der Waals surface area contributed by atoms with Crippen molar-refractivity contribution < 1.29 is 10.2 Å². The molecule has 1 aliphatic carbocycles. The van der Waals surface area contributed by atoms with E-state index in [2.05, 4.69) is 12.2 Å². The van der Waals surface area contributed by atoms with Gasteiger partial charge in [-0.05, 0) is 31.1 Å². The molecule has 1 fully saturated rings. The van der Waals surface area contributed by atoms with E-state index in [0.29, 0.717) is 12.6 Å². The third-order valence-corrected chi connectivity index (χ3v) is 4.67. The Morgan fingerprint density at radius 2 is 2.17 bits per heavy atom. The second-order valence-corrected chi connectivity index (χ2v) is 6.36. The summed E-state index contributed by atoms with van der Waals surface area (Å²) in [6.45, 7) is 2.88. The van der Waals surface area contributed by atoms with Crippen LogP contribution in [0.4, 0.5) is 0 Å². The minimum atomic E-state index is 0.108. The molecule has 3 nitrogen and oxygen atoms in total. The molecule has 0 radical (unpaired) electrons. The molecule has 18 heavy (non-hydrogen) atoms. The van der Waals surface area contributed by atoms with Crippen LogP contribution in [0.2, 0.25) is 0 Å². The SMILES string of the molecule is CCSC1CCC(NCc2ccc(O)cc2O)C1. The number of nitrogens with one attached hydrogen (secondary N) is 1. The summed E-state index contributed by atoms with van der Waals surface area (Å²) in [4.78, 5) is 0. The van der Waals surface area contributed by atoms with Crippen molar-refractivity contribution in [3.8, 4) is 11.5 Å². The molecule has 2 rings (SSSR count). The number of phenolic OH excluding ortho intramolecular Hbond substituents is 2. The van der Waals surface area contributed by atoms with Gasteiger partial charge in [0.1, 0.15) is 11.5 Å². The number of thioether (sulfide) groups is 1. The molecule has 0 heterocycles.